The number of hydrogen-bond donors (Lipinski definition) is 1. The van der Waals surface area contributed by atoms with Gasteiger partial charge < -0.3 is 10.5 Å². The topological polar surface area (TPSA) is 99.6 Å². The normalized spacial score (nSPS) is 11.9. The molecule has 0 atom stereocenters. The molecule has 0 spiro atoms. The largest absolute Gasteiger partial charge is 0.481 e. The number of rotatable bonds is 5. The molecule has 2 aromatic carbocycles. The first kappa shape index (κ1) is 23.2. The molecule has 7 nitrogen and oxygen atoms in total. The number of carbonyl (C=O) groups is 1. The van der Waals surface area contributed by atoms with Crippen molar-refractivity contribution in [2.75, 3.05) is 6.61 Å². The third-order valence-electron chi connectivity index (χ3n) is 4.18. The first-order valence-corrected chi connectivity index (χ1v) is 10.7. The molecule has 0 fully saturated rings. The second-order valence-corrected chi connectivity index (χ2v) is 9.51. The SMILES string of the molecule is CC(C)(C)c1nc2ccc(Br)cc2c(=O)n1N=Cc1cc(Cl)c(OCC(N)=O)c(Cl)c1. The van der Waals surface area contributed by atoms with E-state index >= 15 is 0 Å². The number of primary amides is 1. The summed E-state index contributed by atoms with van der Waals surface area (Å²) in [6.07, 6.45) is 1.46. The highest BCUT2D eigenvalue weighted by Crippen LogP contribution is 2.34. The van der Waals surface area contributed by atoms with Gasteiger partial charge in [-0.15, -0.1) is 0 Å². The smallest absolute Gasteiger partial charge is 0.282 e. The molecule has 1 amide bonds. The van der Waals surface area contributed by atoms with Gasteiger partial charge in [-0.1, -0.05) is 59.9 Å². The molecule has 0 radical (unpaired) electrons. The molecule has 0 bridgehead atoms. The molecule has 2 N–H and O–H groups in total. The third kappa shape index (κ3) is 5.26. The van der Waals surface area contributed by atoms with Crippen LogP contribution in [0.15, 0.2) is 44.7 Å². The van der Waals surface area contributed by atoms with Crippen molar-refractivity contribution in [2.24, 2.45) is 10.8 Å². The molecule has 0 saturated carbocycles. The maximum atomic E-state index is 13.2. The molecule has 1 heterocycles. The number of nitrogens with zero attached hydrogens (tertiary/aromatic N) is 3. The lowest BCUT2D eigenvalue weighted by Gasteiger charge is -2.20. The Morgan fingerprint density at radius 1 is 1.26 bits per heavy atom. The molecule has 10 heteroatoms. The maximum Gasteiger partial charge on any atom is 0.282 e. The van der Waals surface area contributed by atoms with Crippen molar-refractivity contribution in [3.05, 3.63) is 66.6 Å². The van der Waals surface area contributed by atoms with Crippen molar-refractivity contribution in [2.45, 2.75) is 26.2 Å². The van der Waals surface area contributed by atoms with Gasteiger partial charge in [0.25, 0.3) is 11.5 Å². The second kappa shape index (κ2) is 8.98. The van der Waals surface area contributed by atoms with Crippen molar-refractivity contribution in [3.63, 3.8) is 0 Å². The lowest BCUT2D eigenvalue weighted by molar-refractivity contribution is -0.119. The number of halogens is 3. The highest BCUT2D eigenvalue weighted by Gasteiger charge is 2.23. The number of nitrogens with two attached hydrogens (primary N) is 1. The second-order valence-electron chi connectivity index (χ2n) is 7.78. The first-order chi connectivity index (χ1) is 14.5. The molecule has 3 rings (SSSR count). The molecule has 162 valence electrons. The average molecular weight is 526 g/mol. The van der Waals surface area contributed by atoms with E-state index in [-0.39, 0.29) is 28.0 Å². The highest BCUT2D eigenvalue weighted by molar-refractivity contribution is 9.10. The van der Waals surface area contributed by atoms with Crippen LogP contribution < -0.4 is 16.0 Å². The molecule has 0 saturated heterocycles. The third-order valence-corrected chi connectivity index (χ3v) is 5.24. The fourth-order valence-corrected chi connectivity index (χ4v) is 3.78. The van der Waals surface area contributed by atoms with E-state index < -0.39 is 11.3 Å². The van der Waals surface area contributed by atoms with Crippen LogP contribution in [0.4, 0.5) is 0 Å². The lowest BCUT2D eigenvalue weighted by Crippen LogP contribution is -2.29. The van der Waals surface area contributed by atoms with E-state index in [1.54, 1.807) is 24.3 Å². The van der Waals surface area contributed by atoms with Gasteiger partial charge in [-0.3, -0.25) is 9.59 Å². The van der Waals surface area contributed by atoms with Gasteiger partial charge in [0.2, 0.25) is 0 Å². The van der Waals surface area contributed by atoms with Crippen LogP contribution in [0.5, 0.6) is 5.75 Å². The minimum Gasteiger partial charge on any atom is -0.481 e. The Morgan fingerprint density at radius 3 is 2.48 bits per heavy atom. The van der Waals surface area contributed by atoms with Gasteiger partial charge >= 0.3 is 0 Å². The van der Waals surface area contributed by atoms with Gasteiger partial charge in [-0.25, -0.2) is 4.98 Å². The van der Waals surface area contributed by atoms with Gasteiger partial charge in [0.05, 0.1) is 27.2 Å². The van der Waals surface area contributed by atoms with Crippen LogP contribution in [0.3, 0.4) is 0 Å². The van der Waals surface area contributed by atoms with E-state index in [1.165, 1.54) is 10.9 Å². The summed E-state index contributed by atoms with van der Waals surface area (Å²) in [5.74, 6) is -0.00599. The molecular formula is C21H19BrCl2N4O3. The summed E-state index contributed by atoms with van der Waals surface area (Å²) in [5.41, 5.74) is 5.46. The molecule has 0 aliphatic rings. The monoisotopic (exact) mass is 524 g/mol. The van der Waals surface area contributed by atoms with Gasteiger partial charge in [-0.2, -0.15) is 9.78 Å². The first-order valence-electron chi connectivity index (χ1n) is 9.14. The number of fused-ring (bicyclic) bond motifs is 1. The van der Waals surface area contributed by atoms with E-state index in [9.17, 15) is 9.59 Å². The summed E-state index contributed by atoms with van der Waals surface area (Å²) in [5, 5.41) is 5.17. The highest BCUT2D eigenvalue weighted by atomic mass is 79.9. The fraction of sp³-hybridized carbons (Fsp3) is 0.238. The zero-order chi connectivity index (χ0) is 22.9. The number of carbonyl (C=O) groups excluding carboxylic acids is 1. The van der Waals surface area contributed by atoms with Crippen LogP contribution >= 0.6 is 39.1 Å². The number of ether oxygens (including phenoxy) is 1. The Balaban J connectivity index is 2.09. The van der Waals surface area contributed by atoms with Crippen molar-refractivity contribution in [1.82, 2.24) is 9.66 Å². The Labute approximate surface area is 196 Å². The van der Waals surface area contributed by atoms with Gasteiger partial charge in [0.15, 0.2) is 12.4 Å². The number of benzene rings is 2. The summed E-state index contributed by atoms with van der Waals surface area (Å²) in [6, 6.07) is 8.44. The van der Waals surface area contributed by atoms with Crippen LogP contribution in [-0.2, 0) is 10.2 Å². The summed E-state index contributed by atoms with van der Waals surface area (Å²) >= 11 is 15.8. The zero-order valence-electron chi connectivity index (χ0n) is 16.9. The van der Waals surface area contributed by atoms with Gasteiger partial charge in [0, 0.05) is 9.89 Å². The number of amides is 1. The summed E-state index contributed by atoms with van der Waals surface area (Å²) < 4.78 is 7.28. The van der Waals surface area contributed by atoms with Crippen LogP contribution in [0.2, 0.25) is 10.0 Å². The van der Waals surface area contributed by atoms with E-state index in [1.807, 2.05) is 26.8 Å². The van der Waals surface area contributed by atoms with Crippen molar-refractivity contribution >= 4 is 62.2 Å². The van der Waals surface area contributed by atoms with E-state index in [0.29, 0.717) is 22.3 Å². The van der Waals surface area contributed by atoms with E-state index in [4.69, 9.17) is 33.7 Å². The maximum absolute atomic E-state index is 13.2. The molecule has 31 heavy (non-hydrogen) atoms. The molecule has 1 aromatic heterocycles. The lowest BCUT2D eigenvalue weighted by atomic mass is 9.95. The van der Waals surface area contributed by atoms with Crippen LogP contribution in [0, 0.1) is 0 Å². The Kier molecular flexibility index (Phi) is 6.73. The van der Waals surface area contributed by atoms with E-state index in [2.05, 4.69) is 26.0 Å². The average Bonchev–Trinajstić information content (AvgIpc) is 2.66. The van der Waals surface area contributed by atoms with Crippen molar-refractivity contribution in [1.29, 1.82) is 0 Å². The standard InChI is InChI=1S/C21H19BrCl2N4O3/c1-21(2,3)20-27-16-5-4-12(22)8-13(16)19(30)28(20)26-9-11-6-14(23)18(15(24)7-11)31-10-17(25)29/h4-9H,10H2,1-3H3,(H2,25,29). The van der Waals surface area contributed by atoms with Crippen LogP contribution in [0.1, 0.15) is 32.2 Å². The predicted octanol–water partition coefficient (Wildman–Crippen LogP) is 4.51. The van der Waals surface area contributed by atoms with E-state index in [0.717, 1.165) is 4.47 Å². The summed E-state index contributed by atoms with van der Waals surface area (Å²) in [6.45, 7) is 5.49. The Bertz CT molecular complexity index is 1240. The molecule has 0 unspecified atom stereocenters. The molecule has 0 aliphatic carbocycles. The van der Waals surface area contributed by atoms with Gasteiger partial charge in [-0.05, 0) is 35.9 Å². The van der Waals surface area contributed by atoms with Crippen LogP contribution in [0.25, 0.3) is 10.9 Å². The summed E-state index contributed by atoms with van der Waals surface area (Å²) in [4.78, 5) is 28.8. The molecule has 3 aromatic rings. The van der Waals surface area contributed by atoms with Gasteiger partial charge in [0.1, 0.15) is 5.82 Å². The van der Waals surface area contributed by atoms with Crippen molar-refractivity contribution in [3.8, 4) is 5.75 Å². The minimum absolute atomic E-state index is 0.143. The summed E-state index contributed by atoms with van der Waals surface area (Å²) in [7, 11) is 0. The molecular weight excluding hydrogens is 507 g/mol. The Hall–Kier alpha value is -2.42. The molecule has 0 aliphatic heterocycles. The van der Waals surface area contributed by atoms with Crippen LogP contribution in [-0.4, -0.2) is 28.4 Å². The number of hydrogen-bond acceptors (Lipinski definition) is 5. The fourth-order valence-electron chi connectivity index (χ4n) is 2.80. The quantitative estimate of drug-likeness (QED) is 0.495. The van der Waals surface area contributed by atoms with Crippen molar-refractivity contribution < 1.29 is 9.53 Å². The minimum atomic E-state index is -0.651. The Morgan fingerprint density at radius 2 is 1.90 bits per heavy atom. The number of aromatic nitrogens is 2. The zero-order valence-corrected chi connectivity index (χ0v) is 20.0. The predicted molar refractivity (Wildman–Crippen MR) is 127 cm³/mol.